The third-order valence-electron chi connectivity index (χ3n) is 3.60. The normalized spacial score (nSPS) is 11.4. The molecule has 2 rings (SSSR count). The van der Waals surface area contributed by atoms with Crippen molar-refractivity contribution in [3.05, 3.63) is 68.7 Å². The van der Waals surface area contributed by atoms with Crippen molar-refractivity contribution in [2.45, 2.75) is 11.4 Å². The van der Waals surface area contributed by atoms with Gasteiger partial charge in [-0.05, 0) is 29.8 Å². The SMILES string of the molecule is COC(=O)c1cccc(S(=O)(=O)N(C)Cc2cc([N+](=O)[O-])ccc2Cl)c1. The second kappa shape index (κ2) is 7.81. The Morgan fingerprint density at radius 2 is 1.96 bits per heavy atom. The van der Waals surface area contributed by atoms with Crippen LogP contribution in [0.25, 0.3) is 0 Å². The van der Waals surface area contributed by atoms with Crippen molar-refractivity contribution < 1.29 is 22.9 Å². The third kappa shape index (κ3) is 4.18. The molecule has 0 amide bonds. The van der Waals surface area contributed by atoms with E-state index in [-0.39, 0.29) is 33.3 Å². The van der Waals surface area contributed by atoms with E-state index < -0.39 is 20.9 Å². The maximum Gasteiger partial charge on any atom is 0.337 e. The lowest BCUT2D eigenvalue weighted by atomic mass is 10.2. The zero-order chi connectivity index (χ0) is 19.5. The molecule has 10 heteroatoms. The van der Waals surface area contributed by atoms with Crippen LogP contribution in [0.1, 0.15) is 15.9 Å². The van der Waals surface area contributed by atoms with Crippen molar-refractivity contribution in [2.75, 3.05) is 14.2 Å². The minimum atomic E-state index is -3.95. The van der Waals surface area contributed by atoms with Gasteiger partial charge in [-0.1, -0.05) is 17.7 Å². The van der Waals surface area contributed by atoms with Crippen LogP contribution in [0.2, 0.25) is 5.02 Å². The monoisotopic (exact) mass is 398 g/mol. The summed E-state index contributed by atoms with van der Waals surface area (Å²) >= 11 is 6.02. The van der Waals surface area contributed by atoms with Gasteiger partial charge in [-0.15, -0.1) is 0 Å². The van der Waals surface area contributed by atoms with E-state index in [9.17, 15) is 23.3 Å². The fourth-order valence-electron chi connectivity index (χ4n) is 2.20. The zero-order valence-corrected chi connectivity index (χ0v) is 15.5. The smallest absolute Gasteiger partial charge is 0.337 e. The predicted molar refractivity (Wildman–Crippen MR) is 94.5 cm³/mol. The minimum Gasteiger partial charge on any atom is -0.465 e. The molecule has 0 saturated heterocycles. The van der Waals surface area contributed by atoms with E-state index in [0.717, 1.165) is 4.31 Å². The van der Waals surface area contributed by atoms with Crippen LogP contribution < -0.4 is 0 Å². The fourth-order valence-corrected chi connectivity index (χ4v) is 3.57. The highest BCUT2D eigenvalue weighted by Crippen LogP contribution is 2.25. The van der Waals surface area contributed by atoms with Gasteiger partial charge in [0.25, 0.3) is 5.69 Å². The number of rotatable bonds is 6. The Kier molecular flexibility index (Phi) is 5.96. The summed E-state index contributed by atoms with van der Waals surface area (Å²) in [5, 5.41) is 11.1. The number of carbonyl (C=O) groups excluding carboxylic acids is 1. The molecule has 0 aliphatic heterocycles. The Morgan fingerprint density at radius 1 is 1.27 bits per heavy atom. The Bertz CT molecular complexity index is 961. The molecule has 0 saturated carbocycles. The molecule has 0 fully saturated rings. The number of nitro groups is 1. The Balaban J connectivity index is 2.34. The standard InChI is InChI=1S/C16H15ClN2O6S/c1-18(10-12-8-13(19(21)22)6-7-15(12)17)26(23,24)14-5-3-4-11(9-14)16(20)25-2/h3-9H,10H2,1-2H3. The molecule has 0 N–H and O–H groups in total. The quantitative estimate of drug-likeness (QED) is 0.420. The van der Waals surface area contributed by atoms with E-state index in [1.54, 1.807) is 0 Å². The summed E-state index contributed by atoms with van der Waals surface area (Å²) in [7, 11) is -1.45. The van der Waals surface area contributed by atoms with Crippen molar-refractivity contribution in [1.82, 2.24) is 4.31 Å². The van der Waals surface area contributed by atoms with E-state index in [1.807, 2.05) is 0 Å². The van der Waals surface area contributed by atoms with E-state index in [2.05, 4.69) is 4.74 Å². The molecule has 2 aromatic carbocycles. The van der Waals surface area contributed by atoms with Gasteiger partial charge in [0.1, 0.15) is 0 Å². The molecule has 26 heavy (non-hydrogen) atoms. The number of nitrogens with zero attached hydrogens (tertiary/aromatic N) is 2. The average Bonchev–Trinajstić information content (AvgIpc) is 2.62. The molecule has 0 bridgehead atoms. The summed E-state index contributed by atoms with van der Waals surface area (Å²) in [4.78, 5) is 21.8. The number of hydrogen-bond acceptors (Lipinski definition) is 6. The van der Waals surface area contributed by atoms with Gasteiger partial charge >= 0.3 is 5.97 Å². The lowest BCUT2D eigenvalue weighted by Crippen LogP contribution is -2.27. The van der Waals surface area contributed by atoms with Gasteiger partial charge in [-0.3, -0.25) is 10.1 Å². The summed E-state index contributed by atoms with van der Waals surface area (Å²) in [6.07, 6.45) is 0. The van der Waals surface area contributed by atoms with Gasteiger partial charge in [0.15, 0.2) is 0 Å². The van der Waals surface area contributed by atoms with Crippen molar-refractivity contribution in [1.29, 1.82) is 0 Å². The van der Waals surface area contributed by atoms with Gasteiger partial charge in [-0.2, -0.15) is 4.31 Å². The molecular formula is C16H15ClN2O6S. The molecule has 8 nitrogen and oxygen atoms in total. The van der Waals surface area contributed by atoms with Crippen LogP contribution in [0.3, 0.4) is 0 Å². The number of carbonyl (C=O) groups is 1. The third-order valence-corrected chi connectivity index (χ3v) is 5.76. The maximum absolute atomic E-state index is 12.7. The molecule has 0 aliphatic rings. The van der Waals surface area contributed by atoms with Crippen LogP contribution in [-0.2, 0) is 21.3 Å². The molecule has 0 spiro atoms. The maximum atomic E-state index is 12.7. The van der Waals surface area contributed by atoms with E-state index in [4.69, 9.17) is 11.6 Å². The number of benzene rings is 2. The Labute approximate surface area is 155 Å². The van der Waals surface area contributed by atoms with Gasteiger partial charge < -0.3 is 4.74 Å². The van der Waals surface area contributed by atoms with Gasteiger partial charge in [0.05, 0.1) is 22.5 Å². The number of non-ortho nitro benzene ring substituents is 1. The van der Waals surface area contributed by atoms with Crippen molar-refractivity contribution in [2.24, 2.45) is 0 Å². The van der Waals surface area contributed by atoms with Crippen LogP contribution in [0, 0.1) is 10.1 Å². The van der Waals surface area contributed by atoms with Crippen LogP contribution in [0.5, 0.6) is 0 Å². The Morgan fingerprint density at radius 3 is 2.58 bits per heavy atom. The molecule has 0 aromatic heterocycles. The number of hydrogen-bond donors (Lipinski definition) is 0. The molecular weight excluding hydrogens is 384 g/mol. The first kappa shape index (κ1) is 19.8. The first-order valence-corrected chi connectivity index (χ1v) is 9.06. The highest BCUT2D eigenvalue weighted by atomic mass is 35.5. The zero-order valence-electron chi connectivity index (χ0n) is 13.9. The fraction of sp³-hybridized carbons (Fsp3) is 0.188. The number of halogens is 1. The highest BCUT2D eigenvalue weighted by Gasteiger charge is 2.23. The predicted octanol–water partition coefficient (Wildman–Crippen LogP) is 2.86. The summed E-state index contributed by atoms with van der Waals surface area (Å²) in [5.41, 5.74) is 0.189. The first-order chi connectivity index (χ1) is 12.2. The average molecular weight is 399 g/mol. The second-order valence-corrected chi connectivity index (χ2v) is 7.77. The summed E-state index contributed by atoms with van der Waals surface area (Å²) in [6, 6.07) is 9.20. The van der Waals surface area contributed by atoms with Crippen molar-refractivity contribution in [3.63, 3.8) is 0 Å². The Hall–Kier alpha value is -2.49. The van der Waals surface area contributed by atoms with Gasteiger partial charge in [-0.25, -0.2) is 13.2 Å². The molecule has 138 valence electrons. The van der Waals surface area contributed by atoms with E-state index >= 15 is 0 Å². The largest absolute Gasteiger partial charge is 0.465 e. The second-order valence-electron chi connectivity index (χ2n) is 5.31. The summed E-state index contributed by atoms with van der Waals surface area (Å²) in [6.45, 7) is -0.175. The number of ether oxygens (including phenoxy) is 1. The molecule has 0 radical (unpaired) electrons. The molecule has 0 atom stereocenters. The van der Waals surface area contributed by atoms with Crippen molar-refractivity contribution in [3.8, 4) is 0 Å². The molecule has 0 heterocycles. The summed E-state index contributed by atoms with van der Waals surface area (Å²) < 4.78 is 31.0. The first-order valence-electron chi connectivity index (χ1n) is 7.24. The van der Waals surface area contributed by atoms with Crippen LogP contribution in [-0.4, -0.2) is 37.8 Å². The van der Waals surface area contributed by atoms with Crippen LogP contribution in [0.4, 0.5) is 5.69 Å². The topological polar surface area (TPSA) is 107 Å². The number of nitro benzene ring substituents is 1. The number of methoxy groups -OCH3 is 1. The van der Waals surface area contributed by atoms with Crippen LogP contribution in [0.15, 0.2) is 47.4 Å². The van der Waals surface area contributed by atoms with E-state index in [1.165, 1.54) is 56.6 Å². The highest BCUT2D eigenvalue weighted by molar-refractivity contribution is 7.89. The lowest BCUT2D eigenvalue weighted by Gasteiger charge is -2.18. The van der Waals surface area contributed by atoms with Gasteiger partial charge in [0, 0.05) is 30.7 Å². The summed E-state index contributed by atoms with van der Waals surface area (Å²) in [5.74, 6) is -0.661. The van der Waals surface area contributed by atoms with Gasteiger partial charge in [0.2, 0.25) is 10.0 Å². The molecule has 0 aliphatic carbocycles. The minimum absolute atomic E-state index is 0.0929. The van der Waals surface area contributed by atoms with E-state index in [0.29, 0.717) is 0 Å². The molecule has 0 unspecified atom stereocenters. The molecule has 2 aromatic rings. The number of sulfonamides is 1. The number of esters is 1. The van der Waals surface area contributed by atoms with Crippen molar-refractivity contribution >= 4 is 33.3 Å². The van der Waals surface area contributed by atoms with Crippen LogP contribution >= 0.6 is 11.6 Å². The lowest BCUT2D eigenvalue weighted by molar-refractivity contribution is -0.384.